The minimum atomic E-state index is -0.300. The van der Waals surface area contributed by atoms with Crippen LogP contribution in [0, 0.1) is 5.92 Å². The Kier molecular flexibility index (Phi) is 7.27. The summed E-state index contributed by atoms with van der Waals surface area (Å²) in [6.45, 7) is 6.81. The second-order valence-electron chi connectivity index (χ2n) is 6.16. The predicted molar refractivity (Wildman–Crippen MR) is 94.5 cm³/mol. The second-order valence-corrected chi connectivity index (χ2v) is 7.05. The summed E-state index contributed by atoms with van der Waals surface area (Å²) in [5.74, 6) is 0.449. The van der Waals surface area contributed by atoms with E-state index in [0.29, 0.717) is 18.3 Å². The zero-order valence-corrected chi connectivity index (χ0v) is 15.3. The van der Waals surface area contributed by atoms with Gasteiger partial charge in [0.2, 0.25) is 0 Å². The van der Waals surface area contributed by atoms with Crippen LogP contribution in [0.2, 0.25) is 0 Å². The van der Waals surface area contributed by atoms with Gasteiger partial charge in [0.05, 0.1) is 12.6 Å². The first-order valence-electron chi connectivity index (χ1n) is 8.35. The van der Waals surface area contributed by atoms with Gasteiger partial charge >= 0.3 is 5.97 Å². The molecule has 2 saturated heterocycles. The van der Waals surface area contributed by atoms with E-state index >= 15 is 0 Å². The Bertz CT molecular complexity index is 505. The molecule has 2 atom stereocenters. The second kappa shape index (κ2) is 8.97. The van der Waals surface area contributed by atoms with Crippen molar-refractivity contribution < 1.29 is 9.53 Å². The van der Waals surface area contributed by atoms with Crippen molar-refractivity contribution in [1.82, 2.24) is 15.2 Å². The van der Waals surface area contributed by atoms with Crippen molar-refractivity contribution in [2.75, 3.05) is 32.8 Å². The van der Waals surface area contributed by atoms with Crippen LogP contribution in [0.5, 0.6) is 0 Å². The molecule has 130 valence electrons. The third-order valence-corrected chi connectivity index (χ3v) is 5.49. The maximum absolute atomic E-state index is 11.8. The first kappa shape index (κ1) is 18.6. The molecule has 0 radical (unpaired) electrons. The lowest BCUT2D eigenvalue weighted by Gasteiger charge is -2.30. The van der Waals surface area contributed by atoms with Crippen molar-refractivity contribution in [1.29, 1.82) is 0 Å². The maximum atomic E-state index is 11.8. The number of carbonyl (C=O) groups excluding carboxylic acids is 1. The first-order chi connectivity index (χ1) is 10.8. The quantitative estimate of drug-likeness (QED) is 0.819. The summed E-state index contributed by atoms with van der Waals surface area (Å²) < 4.78 is 5.04. The molecule has 1 aromatic rings. The van der Waals surface area contributed by atoms with E-state index in [-0.39, 0.29) is 18.4 Å². The van der Waals surface area contributed by atoms with E-state index < -0.39 is 0 Å². The average molecular weight is 360 g/mol. The monoisotopic (exact) mass is 359 g/mol. The molecule has 3 rings (SSSR count). The SMILES string of the molecule is CCOC(=O)c1csc(C2CCCN2CC2CCCNC2)n1.Cl. The number of thiazole rings is 1. The molecule has 0 amide bonds. The van der Waals surface area contributed by atoms with Gasteiger partial charge in [-0.2, -0.15) is 0 Å². The van der Waals surface area contributed by atoms with Gasteiger partial charge in [-0.25, -0.2) is 9.78 Å². The summed E-state index contributed by atoms with van der Waals surface area (Å²) in [5.41, 5.74) is 0.466. The number of carbonyl (C=O) groups is 1. The highest BCUT2D eigenvalue weighted by Crippen LogP contribution is 2.34. The number of halogens is 1. The molecule has 7 heteroatoms. The van der Waals surface area contributed by atoms with Gasteiger partial charge in [-0.05, 0) is 58.2 Å². The number of hydrogen-bond donors (Lipinski definition) is 1. The highest BCUT2D eigenvalue weighted by Gasteiger charge is 2.31. The van der Waals surface area contributed by atoms with Crippen molar-refractivity contribution in [2.24, 2.45) is 5.92 Å². The molecule has 1 N–H and O–H groups in total. The van der Waals surface area contributed by atoms with Crippen LogP contribution in [-0.4, -0.2) is 48.6 Å². The zero-order valence-electron chi connectivity index (χ0n) is 13.6. The highest BCUT2D eigenvalue weighted by atomic mass is 35.5. The van der Waals surface area contributed by atoms with Gasteiger partial charge in [-0.1, -0.05) is 0 Å². The topological polar surface area (TPSA) is 54.5 Å². The van der Waals surface area contributed by atoms with E-state index in [1.54, 1.807) is 11.3 Å². The van der Waals surface area contributed by atoms with Gasteiger partial charge in [0, 0.05) is 11.9 Å². The fourth-order valence-electron chi connectivity index (χ4n) is 3.48. The molecule has 3 heterocycles. The Morgan fingerprint density at radius 3 is 3.09 bits per heavy atom. The average Bonchev–Trinajstić information content (AvgIpc) is 3.17. The molecule has 0 aliphatic carbocycles. The lowest BCUT2D eigenvalue weighted by atomic mass is 9.99. The maximum Gasteiger partial charge on any atom is 0.357 e. The predicted octanol–water partition coefficient (Wildman–Crippen LogP) is 2.88. The van der Waals surface area contributed by atoms with Gasteiger partial charge in [0.25, 0.3) is 0 Å². The van der Waals surface area contributed by atoms with Crippen LogP contribution in [0.4, 0.5) is 0 Å². The van der Waals surface area contributed by atoms with Gasteiger partial charge < -0.3 is 10.1 Å². The Balaban J connectivity index is 0.00000192. The van der Waals surface area contributed by atoms with Crippen LogP contribution in [0.1, 0.15) is 54.1 Å². The summed E-state index contributed by atoms with van der Waals surface area (Å²) in [6, 6.07) is 0.384. The molecular weight excluding hydrogens is 334 g/mol. The molecule has 2 aliphatic rings. The largest absolute Gasteiger partial charge is 0.461 e. The summed E-state index contributed by atoms with van der Waals surface area (Å²) in [6.07, 6.45) is 4.98. The smallest absolute Gasteiger partial charge is 0.357 e. The Hall–Kier alpha value is -0.690. The number of esters is 1. The molecule has 2 aliphatic heterocycles. The number of nitrogens with one attached hydrogen (secondary N) is 1. The van der Waals surface area contributed by atoms with Gasteiger partial charge in [0.15, 0.2) is 5.69 Å². The zero-order chi connectivity index (χ0) is 15.4. The Morgan fingerprint density at radius 1 is 1.48 bits per heavy atom. The van der Waals surface area contributed by atoms with Crippen LogP contribution in [0.15, 0.2) is 5.38 Å². The molecule has 2 unspecified atom stereocenters. The highest BCUT2D eigenvalue weighted by molar-refractivity contribution is 7.09. The Labute approximate surface area is 148 Å². The lowest BCUT2D eigenvalue weighted by molar-refractivity contribution is 0.0520. The van der Waals surface area contributed by atoms with Crippen molar-refractivity contribution in [3.8, 4) is 0 Å². The molecule has 5 nitrogen and oxygen atoms in total. The van der Waals surface area contributed by atoms with E-state index in [1.165, 1.54) is 19.3 Å². The van der Waals surface area contributed by atoms with Crippen LogP contribution < -0.4 is 5.32 Å². The first-order valence-corrected chi connectivity index (χ1v) is 9.23. The number of ether oxygens (including phenoxy) is 1. The molecule has 0 saturated carbocycles. The van der Waals surface area contributed by atoms with Crippen molar-refractivity contribution in [3.05, 3.63) is 16.1 Å². The summed E-state index contributed by atoms with van der Waals surface area (Å²) in [5, 5.41) is 6.41. The molecule has 2 fully saturated rings. The fourth-order valence-corrected chi connectivity index (χ4v) is 4.43. The lowest BCUT2D eigenvalue weighted by Crippen LogP contribution is -2.38. The fraction of sp³-hybridized carbons (Fsp3) is 0.750. The molecule has 23 heavy (non-hydrogen) atoms. The normalized spacial score (nSPS) is 25.1. The van der Waals surface area contributed by atoms with Gasteiger partial charge in [-0.15, -0.1) is 23.7 Å². The number of likely N-dealkylation sites (tertiary alicyclic amines) is 1. The third-order valence-electron chi connectivity index (χ3n) is 4.55. The van der Waals surface area contributed by atoms with E-state index in [4.69, 9.17) is 4.74 Å². The minimum Gasteiger partial charge on any atom is -0.461 e. The number of rotatable bonds is 5. The summed E-state index contributed by atoms with van der Waals surface area (Å²) >= 11 is 1.60. The van der Waals surface area contributed by atoms with Crippen LogP contribution in [-0.2, 0) is 4.74 Å². The van der Waals surface area contributed by atoms with E-state index in [9.17, 15) is 4.79 Å². The van der Waals surface area contributed by atoms with Crippen LogP contribution in [0.3, 0.4) is 0 Å². The summed E-state index contributed by atoms with van der Waals surface area (Å²) in [7, 11) is 0. The molecule has 0 spiro atoms. The van der Waals surface area contributed by atoms with E-state index in [0.717, 1.165) is 43.5 Å². The molecule has 0 bridgehead atoms. The van der Waals surface area contributed by atoms with E-state index in [2.05, 4.69) is 15.2 Å². The molecular formula is C16H26ClN3O2S. The molecule has 0 aromatic carbocycles. The van der Waals surface area contributed by atoms with Gasteiger partial charge in [-0.3, -0.25) is 4.90 Å². The number of piperidine rings is 1. The number of aromatic nitrogens is 1. The van der Waals surface area contributed by atoms with Crippen LogP contribution in [0.25, 0.3) is 0 Å². The van der Waals surface area contributed by atoms with Crippen molar-refractivity contribution in [2.45, 2.75) is 38.6 Å². The van der Waals surface area contributed by atoms with Crippen molar-refractivity contribution >= 4 is 29.7 Å². The van der Waals surface area contributed by atoms with Crippen molar-refractivity contribution in [3.63, 3.8) is 0 Å². The Morgan fingerprint density at radius 2 is 2.35 bits per heavy atom. The number of hydrogen-bond acceptors (Lipinski definition) is 6. The molecule has 1 aromatic heterocycles. The van der Waals surface area contributed by atoms with Gasteiger partial charge in [0.1, 0.15) is 5.01 Å². The van der Waals surface area contributed by atoms with E-state index in [1.807, 2.05) is 12.3 Å². The third kappa shape index (κ3) is 4.66. The standard InChI is InChI=1S/C16H25N3O2S.ClH/c1-2-21-16(20)13-11-22-15(18-13)14-6-4-8-19(14)10-12-5-3-7-17-9-12;/h11-12,14,17H,2-10H2,1H3;1H. The van der Waals surface area contributed by atoms with Crippen LogP contribution >= 0.6 is 23.7 Å². The summed E-state index contributed by atoms with van der Waals surface area (Å²) in [4.78, 5) is 18.9. The minimum absolute atomic E-state index is 0. The number of nitrogens with zero attached hydrogens (tertiary/aromatic N) is 2.